The predicted molar refractivity (Wildman–Crippen MR) is 119 cm³/mol. The number of aryl methyl sites for hydroxylation is 5. The zero-order valence-electron chi connectivity index (χ0n) is 18.0. The van der Waals surface area contributed by atoms with Crippen molar-refractivity contribution >= 4 is 27.4 Å². The van der Waals surface area contributed by atoms with Crippen LogP contribution in [-0.4, -0.2) is 31.2 Å². The van der Waals surface area contributed by atoms with E-state index in [0.29, 0.717) is 5.69 Å². The van der Waals surface area contributed by atoms with Crippen LogP contribution < -0.4 is 9.62 Å². The van der Waals surface area contributed by atoms with E-state index < -0.39 is 15.9 Å². The molecule has 8 heteroatoms. The van der Waals surface area contributed by atoms with Crippen LogP contribution in [0.2, 0.25) is 0 Å². The van der Waals surface area contributed by atoms with Gasteiger partial charge in [0.2, 0.25) is 0 Å². The van der Waals surface area contributed by atoms with Crippen LogP contribution in [-0.2, 0) is 17.1 Å². The quantitative estimate of drug-likeness (QED) is 0.674. The maximum absolute atomic E-state index is 13.1. The Morgan fingerprint density at radius 2 is 1.57 bits per heavy atom. The molecule has 0 saturated carbocycles. The number of aromatic nitrogens is 2. The summed E-state index contributed by atoms with van der Waals surface area (Å²) in [5.74, 6) is -0.227. The first-order valence-corrected chi connectivity index (χ1v) is 10.9. The standard InChI is InChI=1S/C22H26N4O3S/c1-14-7-9-18(10-8-14)30(28,29)26(6)22-19(13-23-25(22)5)21(27)24-20-16(3)11-15(2)12-17(20)4/h7-13H,1-6H3,(H,24,27). The summed E-state index contributed by atoms with van der Waals surface area (Å²) in [7, 11) is -0.831. The second-order valence-electron chi connectivity index (χ2n) is 7.52. The third kappa shape index (κ3) is 3.95. The van der Waals surface area contributed by atoms with Gasteiger partial charge in [-0.25, -0.2) is 8.42 Å². The van der Waals surface area contributed by atoms with Crippen molar-refractivity contribution in [3.63, 3.8) is 0 Å². The van der Waals surface area contributed by atoms with Crippen LogP contribution in [0.3, 0.4) is 0 Å². The van der Waals surface area contributed by atoms with Crippen LogP contribution >= 0.6 is 0 Å². The Bertz CT molecular complexity index is 1190. The van der Waals surface area contributed by atoms with E-state index in [2.05, 4.69) is 10.4 Å². The van der Waals surface area contributed by atoms with Gasteiger partial charge in [-0.2, -0.15) is 5.10 Å². The molecule has 1 amide bonds. The zero-order valence-corrected chi connectivity index (χ0v) is 18.8. The highest BCUT2D eigenvalue weighted by Gasteiger charge is 2.28. The van der Waals surface area contributed by atoms with Gasteiger partial charge in [0.25, 0.3) is 15.9 Å². The summed E-state index contributed by atoms with van der Waals surface area (Å²) in [4.78, 5) is 13.2. The van der Waals surface area contributed by atoms with Gasteiger partial charge in [-0.1, -0.05) is 35.4 Å². The third-order valence-corrected chi connectivity index (χ3v) is 6.81. The van der Waals surface area contributed by atoms with E-state index in [4.69, 9.17) is 0 Å². The predicted octanol–water partition coefficient (Wildman–Crippen LogP) is 3.73. The van der Waals surface area contributed by atoms with E-state index in [1.165, 1.54) is 17.9 Å². The van der Waals surface area contributed by atoms with E-state index in [1.54, 1.807) is 31.3 Å². The average molecular weight is 427 g/mol. The molecule has 3 aromatic rings. The lowest BCUT2D eigenvalue weighted by atomic mass is 10.0. The Hall–Kier alpha value is -3.13. The molecule has 1 N–H and O–H groups in total. The van der Waals surface area contributed by atoms with Crippen molar-refractivity contribution in [1.29, 1.82) is 0 Å². The normalized spacial score (nSPS) is 11.4. The molecule has 0 aliphatic carbocycles. The Balaban J connectivity index is 1.99. The van der Waals surface area contributed by atoms with E-state index >= 15 is 0 Å². The number of carbonyl (C=O) groups excluding carboxylic acids is 1. The van der Waals surface area contributed by atoms with E-state index in [-0.39, 0.29) is 16.3 Å². The molecule has 7 nitrogen and oxygen atoms in total. The molecule has 1 aromatic heterocycles. The summed E-state index contributed by atoms with van der Waals surface area (Å²) in [5, 5.41) is 7.05. The number of rotatable bonds is 5. The number of benzene rings is 2. The lowest BCUT2D eigenvalue weighted by Gasteiger charge is -2.21. The fraction of sp³-hybridized carbons (Fsp3) is 0.273. The van der Waals surface area contributed by atoms with E-state index in [1.807, 2.05) is 39.8 Å². The Labute approximate surface area is 177 Å². The van der Waals surface area contributed by atoms with Crippen LogP contribution in [0.1, 0.15) is 32.6 Å². The third-order valence-electron chi connectivity index (χ3n) is 5.05. The fourth-order valence-corrected chi connectivity index (χ4v) is 4.75. The summed E-state index contributed by atoms with van der Waals surface area (Å²) >= 11 is 0. The fourth-order valence-electron chi connectivity index (χ4n) is 3.50. The number of amides is 1. The Morgan fingerprint density at radius 1 is 1.00 bits per heavy atom. The smallest absolute Gasteiger partial charge is 0.265 e. The van der Waals surface area contributed by atoms with Crippen molar-refractivity contribution in [3.05, 3.63) is 70.4 Å². The average Bonchev–Trinajstić information content (AvgIpc) is 3.05. The minimum absolute atomic E-state index is 0.147. The molecule has 0 saturated heterocycles. The van der Waals surface area contributed by atoms with Gasteiger partial charge < -0.3 is 5.32 Å². The minimum Gasteiger partial charge on any atom is -0.321 e. The summed E-state index contributed by atoms with van der Waals surface area (Å²) in [6, 6.07) is 10.6. The largest absolute Gasteiger partial charge is 0.321 e. The summed E-state index contributed by atoms with van der Waals surface area (Å²) < 4.78 is 28.7. The van der Waals surface area contributed by atoms with Crippen LogP contribution in [0.25, 0.3) is 0 Å². The topological polar surface area (TPSA) is 84.3 Å². The molecule has 158 valence electrons. The first-order valence-electron chi connectivity index (χ1n) is 9.49. The van der Waals surface area contributed by atoms with E-state index in [0.717, 1.165) is 26.6 Å². The Morgan fingerprint density at radius 3 is 2.13 bits per heavy atom. The van der Waals surface area contributed by atoms with Crippen LogP contribution in [0.5, 0.6) is 0 Å². The van der Waals surface area contributed by atoms with Crippen molar-refractivity contribution in [2.24, 2.45) is 7.05 Å². The second kappa shape index (κ2) is 7.95. The van der Waals surface area contributed by atoms with Gasteiger partial charge in [0, 0.05) is 19.8 Å². The first kappa shape index (κ1) is 21.6. The zero-order chi connectivity index (χ0) is 22.2. The maximum atomic E-state index is 13.1. The van der Waals surface area contributed by atoms with Gasteiger partial charge in [0.15, 0.2) is 5.82 Å². The number of nitrogens with one attached hydrogen (secondary N) is 1. The SMILES string of the molecule is Cc1ccc(S(=O)(=O)N(C)c2c(C(=O)Nc3c(C)cc(C)cc3C)cnn2C)cc1. The molecule has 1 heterocycles. The monoisotopic (exact) mass is 426 g/mol. The number of anilines is 2. The van der Waals surface area contributed by atoms with Crippen molar-refractivity contribution < 1.29 is 13.2 Å². The molecule has 0 unspecified atom stereocenters. The van der Waals surface area contributed by atoms with Gasteiger partial charge in [0.1, 0.15) is 5.56 Å². The highest BCUT2D eigenvalue weighted by atomic mass is 32.2. The first-order chi connectivity index (χ1) is 14.0. The summed E-state index contributed by atoms with van der Waals surface area (Å²) in [6.45, 7) is 7.73. The molecule has 0 aliphatic heterocycles. The molecule has 2 aromatic carbocycles. The molecule has 3 rings (SSSR count). The molecule has 0 atom stereocenters. The van der Waals surface area contributed by atoms with Crippen molar-refractivity contribution in [3.8, 4) is 0 Å². The lowest BCUT2D eigenvalue weighted by Crippen LogP contribution is -2.30. The van der Waals surface area contributed by atoms with Crippen LogP contribution in [0.4, 0.5) is 11.5 Å². The molecule has 0 fully saturated rings. The molecule has 0 aliphatic rings. The highest BCUT2D eigenvalue weighted by molar-refractivity contribution is 7.92. The second-order valence-corrected chi connectivity index (χ2v) is 9.49. The maximum Gasteiger partial charge on any atom is 0.265 e. The van der Waals surface area contributed by atoms with Gasteiger partial charge in [-0.3, -0.25) is 13.8 Å². The minimum atomic E-state index is -3.86. The van der Waals surface area contributed by atoms with E-state index in [9.17, 15) is 13.2 Å². The van der Waals surface area contributed by atoms with Crippen LogP contribution in [0, 0.1) is 27.7 Å². The highest BCUT2D eigenvalue weighted by Crippen LogP contribution is 2.28. The molecular formula is C22H26N4O3S. The van der Waals surface area contributed by atoms with Gasteiger partial charge in [-0.15, -0.1) is 0 Å². The van der Waals surface area contributed by atoms with Crippen molar-refractivity contribution in [1.82, 2.24) is 9.78 Å². The van der Waals surface area contributed by atoms with Crippen molar-refractivity contribution in [2.75, 3.05) is 16.7 Å². The van der Waals surface area contributed by atoms with Gasteiger partial charge >= 0.3 is 0 Å². The Kier molecular flexibility index (Phi) is 5.72. The molecule has 0 bridgehead atoms. The lowest BCUT2D eigenvalue weighted by molar-refractivity contribution is 0.102. The molecule has 0 spiro atoms. The van der Waals surface area contributed by atoms with Crippen LogP contribution in [0.15, 0.2) is 47.5 Å². The molecule has 30 heavy (non-hydrogen) atoms. The van der Waals surface area contributed by atoms with Crippen molar-refractivity contribution in [2.45, 2.75) is 32.6 Å². The number of hydrogen-bond acceptors (Lipinski definition) is 4. The molecule has 0 radical (unpaired) electrons. The van der Waals surface area contributed by atoms with Gasteiger partial charge in [-0.05, 0) is 51.0 Å². The van der Waals surface area contributed by atoms with Gasteiger partial charge in [0.05, 0.1) is 11.1 Å². The number of hydrogen-bond donors (Lipinski definition) is 1. The number of carbonyl (C=O) groups is 1. The summed E-state index contributed by atoms with van der Waals surface area (Å²) in [5.41, 5.74) is 4.83. The molecular weight excluding hydrogens is 400 g/mol. The number of nitrogens with zero attached hydrogens (tertiary/aromatic N) is 3. The number of sulfonamides is 1. The summed E-state index contributed by atoms with van der Waals surface area (Å²) in [6.07, 6.45) is 1.38.